The van der Waals surface area contributed by atoms with E-state index >= 15 is 0 Å². The van der Waals surface area contributed by atoms with Gasteiger partial charge in [-0.25, -0.2) is 4.98 Å². The molecule has 1 atom stereocenters. The third-order valence-electron chi connectivity index (χ3n) is 4.09. The predicted molar refractivity (Wildman–Crippen MR) is 96.7 cm³/mol. The van der Waals surface area contributed by atoms with E-state index in [1.54, 1.807) is 18.1 Å². The van der Waals surface area contributed by atoms with E-state index in [4.69, 9.17) is 0 Å². The monoisotopic (exact) mass is 322 g/mol. The van der Waals surface area contributed by atoms with E-state index in [9.17, 15) is 0 Å². The summed E-state index contributed by atoms with van der Waals surface area (Å²) >= 11 is 0. The van der Waals surface area contributed by atoms with Crippen molar-refractivity contribution >= 4 is 16.7 Å². The number of fused-ring (bicyclic) bond motifs is 1. The first kappa shape index (κ1) is 16.0. The summed E-state index contributed by atoms with van der Waals surface area (Å²) in [5.41, 5.74) is 1.25. The molecule has 2 aromatic carbocycles. The maximum atomic E-state index is 4.30. The van der Waals surface area contributed by atoms with Crippen LogP contribution in [-0.2, 0) is 13.6 Å². The van der Waals surface area contributed by atoms with Crippen molar-refractivity contribution < 1.29 is 0 Å². The van der Waals surface area contributed by atoms with Gasteiger partial charge in [-0.1, -0.05) is 42.5 Å². The Hall–Kier alpha value is -2.89. The normalized spacial score (nSPS) is 13.0. The lowest BCUT2D eigenvalue weighted by Gasteiger charge is -2.19. The lowest BCUT2D eigenvalue weighted by atomic mass is 10.00. The highest BCUT2D eigenvalue weighted by atomic mass is 15.3. The Labute approximate surface area is 141 Å². The summed E-state index contributed by atoms with van der Waals surface area (Å²) in [5.74, 6) is 1.59. The molecule has 0 amide bonds. The Morgan fingerprint density at radius 1 is 1.21 bits per heavy atom. The van der Waals surface area contributed by atoms with Gasteiger partial charge in [-0.15, -0.1) is 0 Å². The lowest BCUT2D eigenvalue weighted by Crippen LogP contribution is -2.38. The van der Waals surface area contributed by atoms with Gasteiger partial charge in [0.2, 0.25) is 0 Å². The van der Waals surface area contributed by atoms with Gasteiger partial charge in [-0.05, 0) is 23.3 Å². The van der Waals surface area contributed by atoms with Gasteiger partial charge in [0, 0.05) is 14.1 Å². The summed E-state index contributed by atoms with van der Waals surface area (Å²) in [6.07, 6.45) is 1.55. The fraction of sp³-hybridized carbons (Fsp3) is 0.278. The summed E-state index contributed by atoms with van der Waals surface area (Å²) in [5, 5.41) is 13.3. The Morgan fingerprint density at radius 2 is 2.00 bits per heavy atom. The maximum absolute atomic E-state index is 4.30. The van der Waals surface area contributed by atoms with Crippen molar-refractivity contribution in [1.82, 2.24) is 25.4 Å². The smallest absolute Gasteiger partial charge is 0.191 e. The van der Waals surface area contributed by atoms with Crippen LogP contribution in [-0.4, -0.2) is 27.8 Å². The molecule has 3 rings (SSSR count). The van der Waals surface area contributed by atoms with Crippen molar-refractivity contribution in [1.29, 1.82) is 0 Å². The molecule has 0 radical (unpaired) electrons. The lowest BCUT2D eigenvalue weighted by molar-refractivity contribution is 0.653. The second-order valence-electron chi connectivity index (χ2n) is 5.66. The Morgan fingerprint density at radius 3 is 2.75 bits per heavy atom. The average molecular weight is 322 g/mol. The minimum absolute atomic E-state index is 0.127. The number of rotatable bonds is 4. The number of aromatic nitrogens is 3. The van der Waals surface area contributed by atoms with Gasteiger partial charge in [0.05, 0.1) is 12.6 Å². The van der Waals surface area contributed by atoms with Crippen LogP contribution in [0.2, 0.25) is 0 Å². The number of guanidine groups is 1. The Bertz CT molecular complexity index is 846. The second kappa shape index (κ2) is 7.12. The summed E-state index contributed by atoms with van der Waals surface area (Å²) < 4.78 is 1.74. The second-order valence-corrected chi connectivity index (χ2v) is 5.66. The topological polar surface area (TPSA) is 67.1 Å². The molecule has 124 valence electrons. The molecule has 6 heteroatoms. The molecule has 0 aliphatic rings. The molecule has 0 spiro atoms. The molecule has 24 heavy (non-hydrogen) atoms. The van der Waals surface area contributed by atoms with Crippen LogP contribution >= 0.6 is 0 Å². The molecule has 0 fully saturated rings. The predicted octanol–water partition coefficient (Wildman–Crippen LogP) is 2.39. The van der Waals surface area contributed by atoms with E-state index in [1.807, 2.05) is 7.05 Å². The molecule has 1 heterocycles. The van der Waals surface area contributed by atoms with E-state index in [0.29, 0.717) is 6.54 Å². The standard InChI is InChI=1S/C18H22N6/c1-13(15-10-6-8-14-7-4-5-9-16(14)15)23-18(19-2)20-11-17-21-12-22-24(17)3/h4-10,12-13H,11H2,1-3H3,(H2,19,20,23)/t13-/m1/s1. The fourth-order valence-corrected chi connectivity index (χ4v) is 2.75. The highest BCUT2D eigenvalue weighted by Crippen LogP contribution is 2.23. The summed E-state index contributed by atoms with van der Waals surface area (Å²) in [6.45, 7) is 2.70. The SMILES string of the molecule is CN=C(NCc1ncnn1C)N[C@H](C)c1cccc2ccccc12. The molecular weight excluding hydrogens is 300 g/mol. The number of aliphatic imine (C=N–C) groups is 1. The number of hydrogen-bond donors (Lipinski definition) is 2. The number of nitrogens with zero attached hydrogens (tertiary/aromatic N) is 4. The van der Waals surface area contributed by atoms with Crippen molar-refractivity contribution in [3.63, 3.8) is 0 Å². The van der Waals surface area contributed by atoms with E-state index in [1.165, 1.54) is 16.3 Å². The van der Waals surface area contributed by atoms with Gasteiger partial charge in [0.15, 0.2) is 5.96 Å². The third-order valence-corrected chi connectivity index (χ3v) is 4.09. The minimum atomic E-state index is 0.127. The van der Waals surface area contributed by atoms with Crippen LogP contribution in [0.1, 0.15) is 24.4 Å². The Balaban J connectivity index is 1.72. The average Bonchev–Trinajstić information content (AvgIpc) is 3.02. The summed E-state index contributed by atoms with van der Waals surface area (Å²) in [4.78, 5) is 8.51. The number of hydrogen-bond acceptors (Lipinski definition) is 3. The zero-order valence-corrected chi connectivity index (χ0v) is 14.2. The first-order chi connectivity index (χ1) is 11.7. The number of aryl methyl sites for hydroxylation is 1. The van der Waals surface area contributed by atoms with Gasteiger partial charge >= 0.3 is 0 Å². The van der Waals surface area contributed by atoms with Crippen molar-refractivity contribution in [3.05, 3.63) is 60.2 Å². The van der Waals surface area contributed by atoms with Crippen molar-refractivity contribution in [2.45, 2.75) is 19.5 Å². The van der Waals surface area contributed by atoms with Gasteiger partial charge < -0.3 is 10.6 Å². The molecule has 6 nitrogen and oxygen atoms in total. The van der Waals surface area contributed by atoms with E-state index in [0.717, 1.165) is 11.8 Å². The highest BCUT2D eigenvalue weighted by Gasteiger charge is 2.11. The fourth-order valence-electron chi connectivity index (χ4n) is 2.75. The van der Waals surface area contributed by atoms with Crippen LogP contribution in [0.4, 0.5) is 0 Å². The molecular formula is C18H22N6. The molecule has 0 aliphatic carbocycles. The Kier molecular flexibility index (Phi) is 4.74. The first-order valence-electron chi connectivity index (χ1n) is 7.96. The van der Waals surface area contributed by atoms with Crippen molar-refractivity contribution in [2.75, 3.05) is 7.05 Å². The van der Waals surface area contributed by atoms with Crippen LogP contribution < -0.4 is 10.6 Å². The molecule has 0 bridgehead atoms. The van der Waals surface area contributed by atoms with E-state index in [-0.39, 0.29) is 6.04 Å². The molecule has 0 aliphatic heterocycles. The van der Waals surface area contributed by atoms with Crippen LogP contribution in [0.15, 0.2) is 53.8 Å². The molecule has 0 saturated heterocycles. The molecule has 0 saturated carbocycles. The highest BCUT2D eigenvalue weighted by molar-refractivity contribution is 5.87. The van der Waals surface area contributed by atoms with Crippen LogP contribution in [0, 0.1) is 0 Å². The molecule has 3 aromatic rings. The van der Waals surface area contributed by atoms with Gasteiger partial charge in [0.25, 0.3) is 0 Å². The van der Waals surface area contributed by atoms with Crippen LogP contribution in [0.5, 0.6) is 0 Å². The maximum Gasteiger partial charge on any atom is 0.191 e. The molecule has 0 unspecified atom stereocenters. The van der Waals surface area contributed by atoms with Gasteiger partial charge in [-0.3, -0.25) is 9.67 Å². The summed E-state index contributed by atoms with van der Waals surface area (Å²) in [7, 11) is 3.64. The molecule has 1 aromatic heterocycles. The van der Waals surface area contributed by atoms with Gasteiger partial charge in [-0.2, -0.15) is 5.10 Å². The van der Waals surface area contributed by atoms with Gasteiger partial charge in [0.1, 0.15) is 12.2 Å². The van der Waals surface area contributed by atoms with Crippen LogP contribution in [0.3, 0.4) is 0 Å². The zero-order valence-electron chi connectivity index (χ0n) is 14.2. The van der Waals surface area contributed by atoms with Crippen LogP contribution in [0.25, 0.3) is 10.8 Å². The minimum Gasteiger partial charge on any atom is -0.350 e. The molecule has 2 N–H and O–H groups in total. The zero-order chi connectivity index (χ0) is 16.9. The summed E-state index contributed by atoms with van der Waals surface area (Å²) in [6, 6.07) is 14.9. The van der Waals surface area contributed by atoms with Crippen molar-refractivity contribution in [3.8, 4) is 0 Å². The number of benzene rings is 2. The third kappa shape index (κ3) is 3.37. The van der Waals surface area contributed by atoms with E-state index < -0.39 is 0 Å². The van der Waals surface area contributed by atoms with Crippen molar-refractivity contribution in [2.24, 2.45) is 12.0 Å². The first-order valence-corrected chi connectivity index (χ1v) is 7.96. The van der Waals surface area contributed by atoms with E-state index in [2.05, 4.69) is 75.1 Å². The number of nitrogens with one attached hydrogen (secondary N) is 2. The largest absolute Gasteiger partial charge is 0.350 e. The quantitative estimate of drug-likeness (QED) is 0.572.